The lowest BCUT2D eigenvalue weighted by Gasteiger charge is -2.28. The summed E-state index contributed by atoms with van der Waals surface area (Å²) in [5.41, 5.74) is 9.60. The third kappa shape index (κ3) is 3.60. The minimum Gasteiger partial charge on any atom is -0.329 e. The van der Waals surface area contributed by atoms with E-state index < -0.39 is 0 Å². The van der Waals surface area contributed by atoms with Crippen LogP contribution in [0.2, 0.25) is 5.02 Å². The van der Waals surface area contributed by atoms with Gasteiger partial charge in [-0.25, -0.2) is 0 Å². The minimum atomic E-state index is 0.130. The second-order valence-electron chi connectivity index (χ2n) is 5.17. The Balaban J connectivity index is 2.15. The highest BCUT2D eigenvalue weighted by Crippen LogP contribution is 2.26. The van der Waals surface area contributed by atoms with E-state index in [9.17, 15) is 0 Å². The van der Waals surface area contributed by atoms with E-state index in [-0.39, 0.29) is 6.04 Å². The minimum absolute atomic E-state index is 0.130. The summed E-state index contributed by atoms with van der Waals surface area (Å²) in [5, 5.41) is 0.777. The van der Waals surface area contributed by atoms with Crippen molar-refractivity contribution >= 4 is 11.6 Å². The van der Waals surface area contributed by atoms with E-state index in [4.69, 9.17) is 17.3 Å². The summed E-state index contributed by atoms with van der Waals surface area (Å²) in [6.07, 6.45) is 0. The van der Waals surface area contributed by atoms with Crippen molar-refractivity contribution in [3.63, 3.8) is 0 Å². The van der Waals surface area contributed by atoms with Gasteiger partial charge >= 0.3 is 0 Å². The topological polar surface area (TPSA) is 29.3 Å². The van der Waals surface area contributed by atoms with Gasteiger partial charge in [0.05, 0.1) is 0 Å². The van der Waals surface area contributed by atoms with Crippen molar-refractivity contribution in [2.24, 2.45) is 5.73 Å². The van der Waals surface area contributed by atoms with E-state index in [1.54, 1.807) is 0 Å². The molecule has 2 N–H and O–H groups in total. The molecule has 0 fully saturated rings. The van der Waals surface area contributed by atoms with Gasteiger partial charge in [0.25, 0.3) is 0 Å². The maximum atomic E-state index is 6.28. The van der Waals surface area contributed by atoms with Gasteiger partial charge in [-0.2, -0.15) is 0 Å². The SMILES string of the molecule is Cc1ccc(CN(C)C(CN)c2ccccc2Cl)cc1. The summed E-state index contributed by atoms with van der Waals surface area (Å²) in [4.78, 5) is 2.24. The molecule has 3 heteroatoms. The molecule has 0 saturated carbocycles. The smallest absolute Gasteiger partial charge is 0.0485 e. The van der Waals surface area contributed by atoms with Crippen molar-refractivity contribution in [3.8, 4) is 0 Å². The molecule has 0 saturated heterocycles. The van der Waals surface area contributed by atoms with Gasteiger partial charge in [-0.05, 0) is 31.2 Å². The van der Waals surface area contributed by atoms with E-state index in [0.29, 0.717) is 6.54 Å². The lowest BCUT2D eigenvalue weighted by atomic mass is 10.0. The van der Waals surface area contributed by atoms with Crippen molar-refractivity contribution in [1.29, 1.82) is 0 Å². The molecule has 106 valence electrons. The highest BCUT2D eigenvalue weighted by atomic mass is 35.5. The van der Waals surface area contributed by atoms with E-state index in [1.807, 2.05) is 24.3 Å². The zero-order valence-electron chi connectivity index (χ0n) is 12.0. The van der Waals surface area contributed by atoms with Crippen molar-refractivity contribution in [3.05, 3.63) is 70.2 Å². The number of halogens is 1. The van der Waals surface area contributed by atoms with E-state index in [2.05, 4.69) is 43.1 Å². The van der Waals surface area contributed by atoms with Crippen molar-refractivity contribution in [2.45, 2.75) is 19.5 Å². The summed E-state index contributed by atoms with van der Waals surface area (Å²) < 4.78 is 0. The molecule has 1 atom stereocenters. The molecule has 0 aliphatic carbocycles. The Hall–Kier alpha value is -1.35. The molecule has 0 aromatic heterocycles. The van der Waals surface area contributed by atoms with Gasteiger partial charge in [-0.3, -0.25) is 4.90 Å². The molecular weight excluding hydrogens is 268 g/mol. The molecule has 2 aromatic carbocycles. The molecule has 1 unspecified atom stereocenters. The van der Waals surface area contributed by atoms with Crippen LogP contribution in [0.3, 0.4) is 0 Å². The zero-order chi connectivity index (χ0) is 14.5. The molecule has 2 rings (SSSR count). The normalized spacial score (nSPS) is 12.7. The van der Waals surface area contributed by atoms with E-state index in [1.165, 1.54) is 11.1 Å². The summed E-state index contributed by atoms with van der Waals surface area (Å²) in [5.74, 6) is 0. The first-order valence-electron chi connectivity index (χ1n) is 6.82. The standard InChI is InChI=1S/C17H21ClN2/c1-13-7-9-14(10-8-13)12-20(2)17(11-19)15-5-3-4-6-16(15)18/h3-10,17H,11-12,19H2,1-2H3. The number of hydrogen-bond acceptors (Lipinski definition) is 2. The number of nitrogens with two attached hydrogens (primary N) is 1. The summed E-state index contributed by atoms with van der Waals surface area (Å²) in [6, 6.07) is 16.6. The Morgan fingerprint density at radius 1 is 1.10 bits per heavy atom. The second-order valence-corrected chi connectivity index (χ2v) is 5.58. The maximum absolute atomic E-state index is 6.28. The fourth-order valence-electron chi connectivity index (χ4n) is 2.38. The first kappa shape index (κ1) is 15.0. The molecule has 2 aromatic rings. The Bertz CT molecular complexity index is 551. The summed E-state index contributed by atoms with van der Waals surface area (Å²) in [6.45, 7) is 3.50. The quantitative estimate of drug-likeness (QED) is 0.907. The highest BCUT2D eigenvalue weighted by molar-refractivity contribution is 6.31. The molecule has 2 nitrogen and oxygen atoms in total. The van der Waals surface area contributed by atoms with Crippen molar-refractivity contribution in [2.75, 3.05) is 13.6 Å². The number of nitrogens with zero attached hydrogens (tertiary/aromatic N) is 1. The van der Waals surface area contributed by atoms with Gasteiger partial charge in [0.2, 0.25) is 0 Å². The van der Waals surface area contributed by atoms with Gasteiger partial charge in [-0.15, -0.1) is 0 Å². The van der Waals surface area contributed by atoms with Gasteiger partial charge in [0, 0.05) is 24.2 Å². The van der Waals surface area contributed by atoms with Crippen LogP contribution in [0.5, 0.6) is 0 Å². The molecule has 0 aliphatic heterocycles. The van der Waals surface area contributed by atoms with Crippen LogP contribution in [0.1, 0.15) is 22.7 Å². The number of rotatable bonds is 5. The highest BCUT2D eigenvalue weighted by Gasteiger charge is 2.17. The molecule has 0 radical (unpaired) electrons. The lowest BCUT2D eigenvalue weighted by molar-refractivity contribution is 0.242. The van der Waals surface area contributed by atoms with Crippen molar-refractivity contribution < 1.29 is 0 Å². The van der Waals surface area contributed by atoms with Crippen LogP contribution in [0.4, 0.5) is 0 Å². The molecular formula is C17H21ClN2. The Labute approximate surface area is 126 Å². The Morgan fingerprint density at radius 3 is 2.35 bits per heavy atom. The van der Waals surface area contributed by atoms with Crippen LogP contribution >= 0.6 is 11.6 Å². The Morgan fingerprint density at radius 2 is 1.75 bits per heavy atom. The number of likely N-dealkylation sites (N-methyl/N-ethyl adjacent to an activating group) is 1. The maximum Gasteiger partial charge on any atom is 0.0485 e. The van der Waals surface area contributed by atoms with Gasteiger partial charge in [0.15, 0.2) is 0 Å². The number of aryl methyl sites for hydroxylation is 1. The fourth-order valence-corrected chi connectivity index (χ4v) is 2.64. The fraction of sp³-hybridized carbons (Fsp3) is 0.294. The predicted octanol–water partition coefficient (Wildman–Crippen LogP) is 3.78. The largest absolute Gasteiger partial charge is 0.329 e. The van der Waals surface area contributed by atoms with Crippen LogP contribution in [0.15, 0.2) is 48.5 Å². The van der Waals surface area contributed by atoms with Crippen LogP contribution in [0.25, 0.3) is 0 Å². The van der Waals surface area contributed by atoms with E-state index in [0.717, 1.165) is 17.1 Å². The summed E-state index contributed by atoms with van der Waals surface area (Å²) in [7, 11) is 2.08. The van der Waals surface area contributed by atoms with Gasteiger partial charge < -0.3 is 5.73 Å². The van der Waals surface area contributed by atoms with Crippen LogP contribution in [-0.2, 0) is 6.54 Å². The van der Waals surface area contributed by atoms with Gasteiger partial charge in [0.1, 0.15) is 0 Å². The first-order valence-corrected chi connectivity index (χ1v) is 7.20. The average Bonchev–Trinajstić information content (AvgIpc) is 2.44. The molecule has 0 heterocycles. The van der Waals surface area contributed by atoms with Crippen LogP contribution in [-0.4, -0.2) is 18.5 Å². The zero-order valence-corrected chi connectivity index (χ0v) is 12.8. The first-order chi connectivity index (χ1) is 9.61. The molecule has 20 heavy (non-hydrogen) atoms. The molecule has 0 bridgehead atoms. The molecule has 0 spiro atoms. The molecule has 0 amide bonds. The lowest BCUT2D eigenvalue weighted by Crippen LogP contribution is -2.30. The monoisotopic (exact) mass is 288 g/mol. The average molecular weight is 289 g/mol. The second kappa shape index (κ2) is 6.89. The Kier molecular flexibility index (Phi) is 5.18. The van der Waals surface area contributed by atoms with E-state index >= 15 is 0 Å². The third-order valence-corrected chi connectivity index (χ3v) is 3.92. The third-order valence-electron chi connectivity index (χ3n) is 3.57. The van der Waals surface area contributed by atoms with Crippen molar-refractivity contribution in [1.82, 2.24) is 4.90 Å². The predicted molar refractivity (Wildman–Crippen MR) is 85.9 cm³/mol. The molecule has 0 aliphatic rings. The number of benzene rings is 2. The van der Waals surface area contributed by atoms with Crippen LogP contribution in [0, 0.1) is 6.92 Å². The summed E-state index contributed by atoms with van der Waals surface area (Å²) >= 11 is 6.28. The van der Waals surface area contributed by atoms with Crippen LogP contribution < -0.4 is 5.73 Å². The number of hydrogen-bond donors (Lipinski definition) is 1. The van der Waals surface area contributed by atoms with Gasteiger partial charge in [-0.1, -0.05) is 59.6 Å².